The molecule has 1 aromatic heterocycles. The molecule has 1 aliphatic rings. The summed E-state index contributed by atoms with van der Waals surface area (Å²) in [6, 6.07) is 11.5. The van der Waals surface area contributed by atoms with Gasteiger partial charge in [0, 0.05) is 49.0 Å². The first-order valence-corrected chi connectivity index (χ1v) is 9.50. The number of carbonyl (C=O) groups excluding carboxylic acids is 2. The number of amides is 2. The first-order valence-electron chi connectivity index (χ1n) is 8.27. The van der Waals surface area contributed by atoms with Gasteiger partial charge in [0.05, 0.1) is 6.42 Å². The Labute approximate surface area is 152 Å². The molecule has 1 aliphatic heterocycles. The van der Waals surface area contributed by atoms with Crippen molar-refractivity contribution in [2.24, 2.45) is 0 Å². The van der Waals surface area contributed by atoms with Gasteiger partial charge in [-0.3, -0.25) is 14.6 Å². The van der Waals surface area contributed by atoms with E-state index in [2.05, 4.69) is 4.98 Å². The number of hydrogen-bond acceptors (Lipinski definition) is 4. The zero-order chi connectivity index (χ0) is 17.6. The van der Waals surface area contributed by atoms with Gasteiger partial charge in [-0.05, 0) is 36.1 Å². The van der Waals surface area contributed by atoms with Crippen molar-refractivity contribution in [3.63, 3.8) is 0 Å². The minimum atomic E-state index is 0.00199. The second kappa shape index (κ2) is 8.16. The van der Waals surface area contributed by atoms with Gasteiger partial charge in [-0.2, -0.15) is 0 Å². The highest BCUT2D eigenvalue weighted by molar-refractivity contribution is 7.98. The Kier molecular flexibility index (Phi) is 5.71. The molecule has 1 saturated heterocycles. The average Bonchev–Trinajstić information content (AvgIpc) is 2.69. The van der Waals surface area contributed by atoms with Gasteiger partial charge in [-0.1, -0.05) is 12.1 Å². The van der Waals surface area contributed by atoms with Crippen LogP contribution in [0.5, 0.6) is 0 Å². The zero-order valence-corrected chi connectivity index (χ0v) is 15.0. The van der Waals surface area contributed by atoms with Crippen molar-refractivity contribution < 1.29 is 9.59 Å². The van der Waals surface area contributed by atoms with Crippen molar-refractivity contribution in [3.05, 3.63) is 59.9 Å². The van der Waals surface area contributed by atoms with Crippen LogP contribution in [0.15, 0.2) is 53.7 Å². The van der Waals surface area contributed by atoms with Crippen LogP contribution in [0, 0.1) is 0 Å². The Morgan fingerprint density at radius 1 is 0.960 bits per heavy atom. The van der Waals surface area contributed by atoms with Crippen molar-refractivity contribution in [1.82, 2.24) is 14.8 Å². The van der Waals surface area contributed by atoms with Crippen LogP contribution in [0.1, 0.15) is 15.9 Å². The van der Waals surface area contributed by atoms with Gasteiger partial charge >= 0.3 is 0 Å². The summed E-state index contributed by atoms with van der Waals surface area (Å²) in [6.07, 6.45) is 5.69. The zero-order valence-electron chi connectivity index (χ0n) is 14.2. The fourth-order valence-electron chi connectivity index (χ4n) is 2.87. The normalized spacial score (nSPS) is 14.4. The van der Waals surface area contributed by atoms with Gasteiger partial charge in [0.25, 0.3) is 5.91 Å². The number of hydrogen-bond donors (Lipinski definition) is 0. The summed E-state index contributed by atoms with van der Waals surface area (Å²) < 4.78 is 0. The molecule has 0 aliphatic carbocycles. The van der Waals surface area contributed by atoms with Crippen molar-refractivity contribution in [1.29, 1.82) is 0 Å². The van der Waals surface area contributed by atoms with Gasteiger partial charge in [0.15, 0.2) is 0 Å². The number of thioether (sulfide) groups is 1. The van der Waals surface area contributed by atoms with Crippen molar-refractivity contribution in [2.45, 2.75) is 11.3 Å². The Morgan fingerprint density at radius 3 is 2.16 bits per heavy atom. The quantitative estimate of drug-likeness (QED) is 0.790. The number of benzene rings is 1. The van der Waals surface area contributed by atoms with E-state index in [0.29, 0.717) is 38.2 Å². The van der Waals surface area contributed by atoms with Gasteiger partial charge in [0.1, 0.15) is 0 Å². The lowest BCUT2D eigenvalue weighted by molar-refractivity contribution is -0.131. The van der Waals surface area contributed by atoms with E-state index in [4.69, 9.17) is 0 Å². The van der Waals surface area contributed by atoms with E-state index in [-0.39, 0.29) is 11.8 Å². The Bertz CT molecular complexity index is 726. The summed E-state index contributed by atoms with van der Waals surface area (Å²) in [7, 11) is 0. The average molecular weight is 355 g/mol. The molecule has 0 unspecified atom stereocenters. The summed E-state index contributed by atoms with van der Waals surface area (Å²) in [6.45, 7) is 2.30. The summed E-state index contributed by atoms with van der Waals surface area (Å²) >= 11 is 1.69. The first-order chi connectivity index (χ1) is 12.2. The SMILES string of the molecule is CSc1ccc(CC(=O)N2CCN(C(=O)c3ccncc3)CC2)cc1. The lowest BCUT2D eigenvalue weighted by atomic mass is 10.1. The molecule has 0 bridgehead atoms. The number of carbonyl (C=O) groups is 2. The van der Waals surface area contributed by atoms with Crippen molar-refractivity contribution >= 4 is 23.6 Å². The molecule has 3 rings (SSSR count). The summed E-state index contributed by atoms with van der Waals surface area (Å²) in [5.74, 6) is 0.120. The van der Waals surface area contributed by atoms with Gasteiger partial charge in [-0.25, -0.2) is 0 Å². The van der Waals surface area contributed by atoms with E-state index in [9.17, 15) is 9.59 Å². The van der Waals surface area contributed by atoms with E-state index in [1.807, 2.05) is 35.4 Å². The number of pyridine rings is 1. The van der Waals surface area contributed by atoms with Crippen molar-refractivity contribution in [3.8, 4) is 0 Å². The monoisotopic (exact) mass is 355 g/mol. The third-order valence-electron chi connectivity index (χ3n) is 4.36. The molecule has 1 fully saturated rings. The Hall–Kier alpha value is -2.34. The standard InChI is InChI=1S/C19H21N3O2S/c1-25-17-4-2-15(3-5-17)14-18(23)21-10-12-22(13-11-21)19(24)16-6-8-20-9-7-16/h2-9H,10-14H2,1H3. The number of piperazine rings is 1. The third-order valence-corrected chi connectivity index (χ3v) is 5.10. The fraction of sp³-hybridized carbons (Fsp3) is 0.316. The van der Waals surface area contributed by atoms with Crippen LogP contribution in [0.25, 0.3) is 0 Å². The van der Waals surface area contributed by atoms with Crippen LogP contribution in [-0.4, -0.2) is 59.0 Å². The maximum atomic E-state index is 12.5. The molecule has 2 aromatic rings. The number of nitrogens with zero attached hydrogens (tertiary/aromatic N) is 3. The summed E-state index contributed by atoms with van der Waals surface area (Å²) in [5, 5.41) is 0. The minimum absolute atomic E-state index is 0.00199. The van der Waals surface area contributed by atoms with Gasteiger partial charge < -0.3 is 9.80 Å². The van der Waals surface area contributed by atoms with E-state index in [1.54, 1.807) is 41.2 Å². The second-order valence-electron chi connectivity index (χ2n) is 5.93. The number of aromatic nitrogens is 1. The van der Waals surface area contributed by atoms with Gasteiger partial charge in [0.2, 0.25) is 5.91 Å². The predicted octanol–water partition coefficient (Wildman–Crippen LogP) is 2.33. The molecule has 0 N–H and O–H groups in total. The lowest BCUT2D eigenvalue weighted by Crippen LogP contribution is -2.51. The molecule has 2 heterocycles. The highest BCUT2D eigenvalue weighted by atomic mass is 32.2. The van der Waals surface area contributed by atoms with E-state index in [0.717, 1.165) is 5.56 Å². The maximum absolute atomic E-state index is 12.5. The van der Waals surface area contributed by atoms with Crippen LogP contribution >= 0.6 is 11.8 Å². The fourth-order valence-corrected chi connectivity index (χ4v) is 3.27. The van der Waals surface area contributed by atoms with Crippen LogP contribution in [0.2, 0.25) is 0 Å². The maximum Gasteiger partial charge on any atom is 0.254 e. The molecule has 0 atom stereocenters. The van der Waals surface area contributed by atoms with Gasteiger partial charge in [-0.15, -0.1) is 11.8 Å². The molecule has 6 heteroatoms. The molecule has 130 valence electrons. The van der Waals surface area contributed by atoms with Crippen LogP contribution in [0.4, 0.5) is 0 Å². The van der Waals surface area contributed by atoms with Crippen LogP contribution < -0.4 is 0 Å². The first kappa shape index (κ1) is 17.5. The third kappa shape index (κ3) is 4.39. The van der Waals surface area contributed by atoms with Crippen LogP contribution in [-0.2, 0) is 11.2 Å². The smallest absolute Gasteiger partial charge is 0.254 e. The molecule has 2 amide bonds. The highest BCUT2D eigenvalue weighted by Crippen LogP contribution is 2.16. The lowest BCUT2D eigenvalue weighted by Gasteiger charge is -2.35. The second-order valence-corrected chi connectivity index (χ2v) is 6.81. The van der Waals surface area contributed by atoms with Crippen molar-refractivity contribution in [2.75, 3.05) is 32.4 Å². The topological polar surface area (TPSA) is 53.5 Å². The largest absolute Gasteiger partial charge is 0.339 e. The summed E-state index contributed by atoms with van der Waals surface area (Å²) in [4.78, 5) is 33.7. The Balaban J connectivity index is 1.53. The molecular formula is C19H21N3O2S. The Morgan fingerprint density at radius 2 is 1.56 bits per heavy atom. The molecule has 0 saturated carbocycles. The predicted molar refractivity (Wildman–Crippen MR) is 98.6 cm³/mol. The molecule has 0 spiro atoms. The van der Waals surface area contributed by atoms with E-state index >= 15 is 0 Å². The van der Waals surface area contributed by atoms with E-state index in [1.165, 1.54) is 4.90 Å². The van der Waals surface area contributed by atoms with E-state index < -0.39 is 0 Å². The highest BCUT2D eigenvalue weighted by Gasteiger charge is 2.24. The minimum Gasteiger partial charge on any atom is -0.339 e. The molecule has 5 nitrogen and oxygen atoms in total. The molecule has 0 radical (unpaired) electrons. The number of rotatable bonds is 4. The molecule has 1 aromatic carbocycles. The molecule has 25 heavy (non-hydrogen) atoms. The molecular weight excluding hydrogens is 334 g/mol. The summed E-state index contributed by atoms with van der Waals surface area (Å²) in [5.41, 5.74) is 1.67. The van der Waals surface area contributed by atoms with Crippen LogP contribution in [0.3, 0.4) is 0 Å².